The fourth-order valence-electron chi connectivity index (χ4n) is 2.31. The number of hydrogen-bond acceptors (Lipinski definition) is 6. The molecule has 2 rings (SSSR count). The minimum atomic E-state index is -1.08. The van der Waals surface area contributed by atoms with E-state index in [0.29, 0.717) is 11.6 Å². The van der Waals surface area contributed by atoms with E-state index in [9.17, 15) is 9.59 Å². The monoisotopic (exact) mass is 345 g/mol. The van der Waals surface area contributed by atoms with E-state index < -0.39 is 12.0 Å². The molecule has 0 amide bonds. The first-order valence-corrected chi connectivity index (χ1v) is 8.59. The molecule has 2 N–H and O–H groups in total. The number of nitrogens with one attached hydrogen (secondary N) is 2. The lowest BCUT2D eigenvalue weighted by Gasteiger charge is -2.20. The number of ketones is 1. The van der Waals surface area contributed by atoms with Crippen LogP contribution < -0.4 is 10.9 Å². The van der Waals surface area contributed by atoms with Crippen molar-refractivity contribution in [2.45, 2.75) is 38.8 Å². The number of rotatable bonds is 9. The van der Waals surface area contributed by atoms with Gasteiger partial charge in [0.25, 0.3) is 0 Å². The number of aryl methyl sites for hydroxylation is 1. The van der Waals surface area contributed by atoms with Crippen molar-refractivity contribution in [3.63, 3.8) is 0 Å². The number of esters is 1. The molecular formula is C19H27N3O3. The lowest BCUT2D eigenvalue weighted by molar-refractivity contribution is -0.148. The summed E-state index contributed by atoms with van der Waals surface area (Å²) in [4.78, 5) is 27.2. The number of Topliss-reactive ketones (excluding diaryl/α,β-unsaturated/α-hetero) is 1. The third-order valence-corrected chi connectivity index (χ3v) is 3.81. The van der Waals surface area contributed by atoms with Crippen molar-refractivity contribution < 1.29 is 14.3 Å². The van der Waals surface area contributed by atoms with Gasteiger partial charge in [0.2, 0.25) is 0 Å². The Bertz CT molecular complexity index is 634. The first-order chi connectivity index (χ1) is 11.9. The zero-order valence-corrected chi connectivity index (χ0v) is 15.3. The van der Waals surface area contributed by atoms with Crippen LogP contribution in [0.3, 0.4) is 0 Å². The Balaban J connectivity index is 2.28. The van der Waals surface area contributed by atoms with E-state index in [0.717, 1.165) is 24.0 Å². The van der Waals surface area contributed by atoms with Crippen LogP contribution in [0.15, 0.2) is 30.5 Å². The Kier molecular flexibility index (Phi) is 6.73. The summed E-state index contributed by atoms with van der Waals surface area (Å²) in [6, 6.07) is 6.90. The van der Waals surface area contributed by atoms with Crippen molar-refractivity contribution >= 4 is 17.3 Å². The van der Waals surface area contributed by atoms with Crippen LogP contribution in [0.1, 0.15) is 30.9 Å². The summed E-state index contributed by atoms with van der Waals surface area (Å²) >= 11 is 0. The zero-order valence-electron chi connectivity index (χ0n) is 15.3. The highest BCUT2D eigenvalue weighted by Crippen LogP contribution is 2.20. The fourth-order valence-corrected chi connectivity index (χ4v) is 2.31. The molecule has 0 heterocycles. The summed E-state index contributed by atoms with van der Waals surface area (Å²) in [6.07, 6.45) is 3.81. The second-order valence-corrected chi connectivity index (χ2v) is 6.48. The molecule has 6 heteroatoms. The molecule has 0 saturated heterocycles. The van der Waals surface area contributed by atoms with E-state index in [1.54, 1.807) is 18.0 Å². The lowest BCUT2D eigenvalue weighted by Crippen LogP contribution is -2.52. The molecule has 1 aromatic rings. The lowest BCUT2D eigenvalue weighted by atomic mass is 9.97. The maximum atomic E-state index is 13.1. The quantitative estimate of drug-likeness (QED) is 0.307. The SMILES string of the molecule is CCOC(=O)C(NNC1CC1)C(=O)C(=CN(C)C)c1ccc(C)cc1. The Labute approximate surface area is 149 Å². The van der Waals surface area contributed by atoms with E-state index >= 15 is 0 Å². The van der Waals surface area contributed by atoms with Crippen LogP contribution in [0.4, 0.5) is 0 Å². The minimum absolute atomic E-state index is 0.227. The number of carbonyl (C=O) groups excluding carboxylic acids is 2. The number of hydrazine groups is 1. The Hall–Kier alpha value is -2.18. The molecule has 25 heavy (non-hydrogen) atoms. The molecule has 1 aromatic carbocycles. The van der Waals surface area contributed by atoms with Crippen molar-refractivity contribution in [2.75, 3.05) is 20.7 Å². The van der Waals surface area contributed by atoms with Gasteiger partial charge in [-0.2, -0.15) is 0 Å². The highest BCUT2D eigenvalue weighted by atomic mass is 16.5. The van der Waals surface area contributed by atoms with Gasteiger partial charge in [0.1, 0.15) is 0 Å². The van der Waals surface area contributed by atoms with Crippen LogP contribution in [0.2, 0.25) is 0 Å². The Morgan fingerprint density at radius 1 is 1.28 bits per heavy atom. The first-order valence-electron chi connectivity index (χ1n) is 8.59. The maximum Gasteiger partial charge on any atom is 0.332 e. The number of carbonyl (C=O) groups is 2. The van der Waals surface area contributed by atoms with Crippen molar-refractivity contribution in [1.82, 2.24) is 15.8 Å². The molecule has 1 fully saturated rings. The molecule has 0 aromatic heterocycles. The van der Waals surface area contributed by atoms with Crippen molar-refractivity contribution in [3.05, 3.63) is 41.6 Å². The Morgan fingerprint density at radius 3 is 2.44 bits per heavy atom. The predicted molar refractivity (Wildman–Crippen MR) is 97.6 cm³/mol. The van der Waals surface area contributed by atoms with Gasteiger partial charge in [-0.25, -0.2) is 10.2 Å². The number of ether oxygens (including phenoxy) is 1. The molecule has 1 saturated carbocycles. The molecule has 0 spiro atoms. The third kappa shape index (κ3) is 5.69. The fraction of sp³-hybridized carbons (Fsp3) is 0.474. The van der Waals surface area contributed by atoms with Gasteiger partial charge in [-0.3, -0.25) is 10.2 Å². The highest BCUT2D eigenvalue weighted by molar-refractivity contribution is 6.28. The van der Waals surface area contributed by atoms with Gasteiger partial charge in [-0.1, -0.05) is 29.8 Å². The third-order valence-electron chi connectivity index (χ3n) is 3.81. The Morgan fingerprint density at radius 2 is 1.92 bits per heavy atom. The number of benzene rings is 1. The largest absolute Gasteiger partial charge is 0.464 e. The smallest absolute Gasteiger partial charge is 0.332 e. The number of hydrogen-bond donors (Lipinski definition) is 2. The second-order valence-electron chi connectivity index (χ2n) is 6.48. The van der Waals surface area contributed by atoms with Crippen LogP contribution in [-0.4, -0.2) is 49.4 Å². The second kappa shape index (κ2) is 8.78. The van der Waals surface area contributed by atoms with E-state index in [2.05, 4.69) is 10.9 Å². The van der Waals surface area contributed by atoms with Crippen LogP contribution in [0.25, 0.3) is 5.57 Å². The zero-order chi connectivity index (χ0) is 18.4. The molecule has 0 radical (unpaired) electrons. The maximum absolute atomic E-state index is 13.1. The average Bonchev–Trinajstić information content (AvgIpc) is 3.38. The van der Waals surface area contributed by atoms with Crippen molar-refractivity contribution in [3.8, 4) is 0 Å². The van der Waals surface area contributed by atoms with Gasteiger partial charge < -0.3 is 9.64 Å². The molecule has 1 aliphatic rings. The van der Waals surface area contributed by atoms with Crippen LogP contribution in [-0.2, 0) is 14.3 Å². The predicted octanol–water partition coefficient (Wildman–Crippen LogP) is 1.65. The molecule has 6 nitrogen and oxygen atoms in total. The summed E-state index contributed by atoms with van der Waals surface area (Å²) in [7, 11) is 3.69. The van der Waals surface area contributed by atoms with Crippen molar-refractivity contribution in [2.24, 2.45) is 0 Å². The van der Waals surface area contributed by atoms with E-state index in [1.165, 1.54) is 0 Å². The van der Waals surface area contributed by atoms with Gasteiger partial charge in [0, 0.05) is 31.9 Å². The van der Waals surface area contributed by atoms with Crippen LogP contribution in [0.5, 0.6) is 0 Å². The van der Waals surface area contributed by atoms with E-state index in [4.69, 9.17) is 4.74 Å². The average molecular weight is 345 g/mol. The molecule has 1 aliphatic carbocycles. The summed E-state index contributed by atoms with van der Waals surface area (Å²) < 4.78 is 5.08. The van der Waals surface area contributed by atoms with Gasteiger partial charge >= 0.3 is 5.97 Å². The normalized spacial score (nSPS) is 15.6. The molecule has 1 unspecified atom stereocenters. The molecular weight excluding hydrogens is 318 g/mol. The highest BCUT2D eigenvalue weighted by Gasteiger charge is 2.33. The molecule has 0 aliphatic heterocycles. The molecule has 136 valence electrons. The minimum Gasteiger partial charge on any atom is -0.464 e. The first kappa shape index (κ1) is 19.1. The molecule has 0 bridgehead atoms. The summed E-state index contributed by atoms with van der Waals surface area (Å²) in [5.74, 6) is -0.887. The van der Waals surface area contributed by atoms with Gasteiger partial charge in [-0.05, 0) is 32.3 Å². The van der Waals surface area contributed by atoms with E-state index in [-0.39, 0.29) is 12.4 Å². The standard InChI is InChI=1S/C19H27N3O3/c1-5-25-19(24)17(21-20-15-10-11-15)18(23)16(12-22(3)4)14-8-6-13(2)7-9-14/h6-9,12,15,17,20-21H,5,10-11H2,1-4H3. The summed E-state index contributed by atoms with van der Waals surface area (Å²) in [5.41, 5.74) is 8.24. The topological polar surface area (TPSA) is 70.7 Å². The van der Waals surface area contributed by atoms with Crippen LogP contribution in [0, 0.1) is 6.92 Å². The molecule has 1 atom stereocenters. The summed E-state index contributed by atoms with van der Waals surface area (Å²) in [6.45, 7) is 3.94. The summed E-state index contributed by atoms with van der Waals surface area (Å²) in [5, 5.41) is 0. The van der Waals surface area contributed by atoms with Gasteiger partial charge in [0.15, 0.2) is 11.8 Å². The van der Waals surface area contributed by atoms with Gasteiger partial charge in [-0.15, -0.1) is 0 Å². The number of nitrogens with zero attached hydrogens (tertiary/aromatic N) is 1. The van der Waals surface area contributed by atoms with Crippen molar-refractivity contribution in [1.29, 1.82) is 0 Å². The van der Waals surface area contributed by atoms with Crippen LogP contribution >= 0.6 is 0 Å². The van der Waals surface area contributed by atoms with E-state index in [1.807, 2.05) is 45.3 Å². The van der Waals surface area contributed by atoms with Gasteiger partial charge in [0.05, 0.1) is 6.61 Å².